The smallest absolute Gasteiger partial charge is 0.246 e. The van der Waals surface area contributed by atoms with E-state index in [1.807, 2.05) is 12.3 Å². The molecule has 9 heavy (non-hydrogen) atoms. The molecule has 2 aromatic heterocycles. The second-order valence-corrected chi connectivity index (χ2v) is 1.83. The summed E-state index contributed by atoms with van der Waals surface area (Å²) < 4.78 is 0. The minimum atomic E-state index is 0.970. The van der Waals surface area contributed by atoms with Gasteiger partial charge in [0.15, 0.2) is 5.52 Å². The molecule has 0 saturated carbocycles. The minimum absolute atomic E-state index is 0.970. The highest BCUT2D eigenvalue weighted by molar-refractivity contribution is 5.65. The Labute approximate surface area is 51.8 Å². The van der Waals surface area contributed by atoms with Gasteiger partial charge in [-0.3, -0.25) is 0 Å². The summed E-state index contributed by atoms with van der Waals surface area (Å²) in [6.45, 7) is 0. The van der Waals surface area contributed by atoms with E-state index in [0.29, 0.717) is 0 Å². The molecule has 3 nitrogen and oxygen atoms in total. The highest BCUT2D eigenvalue weighted by atomic mass is 14.9. The van der Waals surface area contributed by atoms with E-state index in [0.717, 1.165) is 11.2 Å². The van der Waals surface area contributed by atoms with Crippen molar-refractivity contribution >= 4 is 11.2 Å². The molecule has 2 rings (SSSR count). The van der Waals surface area contributed by atoms with Crippen molar-refractivity contribution in [1.29, 1.82) is 0 Å². The molecule has 0 radical (unpaired) electrons. The van der Waals surface area contributed by atoms with Gasteiger partial charge in [-0.1, -0.05) is 0 Å². The Hall–Kier alpha value is -1.38. The Bertz CT molecular complexity index is 282. The van der Waals surface area contributed by atoms with Crippen molar-refractivity contribution in [2.75, 3.05) is 0 Å². The fourth-order valence-corrected chi connectivity index (χ4v) is 0.823. The normalized spacial score (nSPS) is 10.2. The molecule has 0 atom stereocenters. The number of aromatic nitrogens is 3. The van der Waals surface area contributed by atoms with Crippen LogP contribution >= 0.6 is 0 Å². The zero-order valence-electron chi connectivity index (χ0n) is 4.76. The van der Waals surface area contributed by atoms with Crippen LogP contribution in [0.2, 0.25) is 0 Å². The van der Waals surface area contributed by atoms with Gasteiger partial charge >= 0.3 is 5.65 Å². The lowest BCUT2D eigenvalue weighted by Crippen LogP contribution is -2.01. The van der Waals surface area contributed by atoms with Crippen LogP contribution in [0, 0.1) is 0 Å². The first kappa shape index (κ1) is 4.49. The van der Waals surface area contributed by atoms with Crippen molar-refractivity contribution in [3.8, 4) is 0 Å². The van der Waals surface area contributed by atoms with Crippen molar-refractivity contribution in [2.45, 2.75) is 0 Å². The van der Waals surface area contributed by atoms with Gasteiger partial charge in [0, 0.05) is 6.07 Å². The zero-order valence-corrected chi connectivity index (χ0v) is 4.76. The van der Waals surface area contributed by atoms with Gasteiger partial charge in [0.1, 0.15) is 6.20 Å². The topological polar surface area (TPSA) is 42.8 Å². The summed E-state index contributed by atoms with van der Waals surface area (Å²) in [5, 5.41) is 0. The lowest BCUT2D eigenvalue weighted by atomic mass is 10.5. The first-order valence-corrected chi connectivity index (χ1v) is 2.76. The summed E-state index contributed by atoms with van der Waals surface area (Å²) in [6, 6.07) is 1.92. The van der Waals surface area contributed by atoms with Crippen LogP contribution in [0.5, 0.6) is 0 Å². The van der Waals surface area contributed by atoms with E-state index in [9.17, 15) is 0 Å². The number of hydrogen-bond acceptors (Lipinski definition) is 1. The van der Waals surface area contributed by atoms with Crippen LogP contribution in [0.25, 0.3) is 11.2 Å². The number of fused-ring (bicyclic) bond motifs is 1. The van der Waals surface area contributed by atoms with Crippen LogP contribution in [0.4, 0.5) is 0 Å². The quantitative estimate of drug-likeness (QED) is 0.536. The Balaban J connectivity index is 2.95. The molecule has 0 aromatic carbocycles. The Morgan fingerprint density at radius 2 is 2.56 bits per heavy atom. The van der Waals surface area contributed by atoms with Crippen molar-refractivity contribution in [3.05, 3.63) is 24.7 Å². The first-order chi connectivity index (χ1) is 4.47. The summed E-state index contributed by atoms with van der Waals surface area (Å²) in [4.78, 5) is 10.1. The second kappa shape index (κ2) is 1.55. The van der Waals surface area contributed by atoms with E-state index in [-0.39, 0.29) is 0 Å². The molecule has 0 unspecified atom stereocenters. The monoisotopic (exact) mass is 120 g/mol. The lowest BCUT2D eigenvalue weighted by Gasteiger charge is -1.76. The third-order valence-electron chi connectivity index (χ3n) is 1.24. The van der Waals surface area contributed by atoms with Crippen LogP contribution in [0.15, 0.2) is 24.7 Å². The fourth-order valence-electron chi connectivity index (χ4n) is 0.823. The van der Waals surface area contributed by atoms with Gasteiger partial charge in [-0.2, -0.15) is 0 Å². The van der Waals surface area contributed by atoms with Crippen LogP contribution in [0.3, 0.4) is 0 Å². The Morgan fingerprint density at radius 3 is 3.44 bits per heavy atom. The molecule has 44 valence electrons. The van der Waals surface area contributed by atoms with Gasteiger partial charge in [-0.15, -0.1) is 0 Å². The molecule has 3 heteroatoms. The molecule has 2 aromatic rings. The molecular formula is C6H6N3+. The average molecular weight is 120 g/mol. The fraction of sp³-hybridized carbons (Fsp3) is 0. The maximum atomic E-state index is 4.08. The van der Waals surface area contributed by atoms with E-state index in [1.54, 1.807) is 12.4 Å². The van der Waals surface area contributed by atoms with E-state index in [4.69, 9.17) is 0 Å². The molecule has 0 aliphatic heterocycles. The molecule has 2 heterocycles. The molecule has 2 N–H and O–H groups in total. The minimum Gasteiger partial charge on any atom is -0.246 e. The van der Waals surface area contributed by atoms with Gasteiger partial charge in [0.2, 0.25) is 0 Å². The van der Waals surface area contributed by atoms with Gasteiger partial charge < -0.3 is 0 Å². The second-order valence-electron chi connectivity index (χ2n) is 1.83. The van der Waals surface area contributed by atoms with Gasteiger partial charge in [-0.05, 0) is 0 Å². The number of nitrogens with one attached hydrogen (secondary N) is 2. The van der Waals surface area contributed by atoms with Crippen LogP contribution in [0.1, 0.15) is 0 Å². The third-order valence-corrected chi connectivity index (χ3v) is 1.24. The number of H-pyrrole nitrogens is 2. The number of hydrogen-bond donors (Lipinski definition) is 1. The zero-order chi connectivity index (χ0) is 6.10. The molecule has 0 fully saturated rings. The molecular weight excluding hydrogens is 114 g/mol. The van der Waals surface area contributed by atoms with Gasteiger partial charge in [-0.25, -0.2) is 15.0 Å². The predicted molar refractivity (Wildman–Crippen MR) is 32.6 cm³/mol. The van der Waals surface area contributed by atoms with Gasteiger partial charge in [0.05, 0.1) is 12.4 Å². The predicted octanol–water partition coefficient (Wildman–Crippen LogP) is 0.377. The van der Waals surface area contributed by atoms with Gasteiger partial charge in [0.25, 0.3) is 0 Å². The lowest BCUT2D eigenvalue weighted by molar-refractivity contribution is -0.348. The average Bonchev–Trinajstić information content (AvgIpc) is 2.33. The molecule has 0 aliphatic carbocycles. The summed E-state index contributed by atoms with van der Waals surface area (Å²) in [5.41, 5.74) is 1.94. The Kier molecular flexibility index (Phi) is 0.773. The molecule has 0 bridgehead atoms. The summed E-state index contributed by atoms with van der Waals surface area (Å²) >= 11 is 0. The molecule has 0 spiro atoms. The van der Waals surface area contributed by atoms with Crippen LogP contribution in [-0.2, 0) is 0 Å². The summed E-state index contributed by atoms with van der Waals surface area (Å²) in [7, 11) is 0. The Morgan fingerprint density at radius 1 is 1.56 bits per heavy atom. The molecule has 0 amide bonds. The van der Waals surface area contributed by atoms with Crippen molar-refractivity contribution in [3.63, 3.8) is 0 Å². The highest BCUT2D eigenvalue weighted by Gasteiger charge is 1.97. The summed E-state index contributed by atoms with van der Waals surface area (Å²) in [5.74, 6) is 0. The van der Waals surface area contributed by atoms with Crippen LogP contribution < -0.4 is 4.98 Å². The largest absolute Gasteiger partial charge is 0.303 e. The van der Waals surface area contributed by atoms with E-state index < -0.39 is 0 Å². The van der Waals surface area contributed by atoms with Crippen molar-refractivity contribution in [2.24, 2.45) is 0 Å². The first-order valence-electron chi connectivity index (χ1n) is 2.76. The number of aromatic amines is 2. The molecule has 0 saturated heterocycles. The van der Waals surface area contributed by atoms with Crippen molar-refractivity contribution < 1.29 is 4.98 Å². The van der Waals surface area contributed by atoms with E-state index in [2.05, 4.69) is 15.0 Å². The van der Waals surface area contributed by atoms with Crippen molar-refractivity contribution in [1.82, 2.24) is 9.97 Å². The maximum absolute atomic E-state index is 4.08. The SMILES string of the molecule is c1c[nH+]c2[nH]ccc2n1. The third kappa shape index (κ3) is 0.579. The maximum Gasteiger partial charge on any atom is 0.303 e. The van der Waals surface area contributed by atoms with Crippen LogP contribution in [-0.4, -0.2) is 9.97 Å². The highest BCUT2D eigenvalue weighted by Crippen LogP contribution is 1.98. The van der Waals surface area contributed by atoms with E-state index >= 15 is 0 Å². The van der Waals surface area contributed by atoms with E-state index in [1.165, 1.54) is 0 Å². The standard InChI is InChI=1S/C6H5N3/c1-2-8-6-5(1)7-3-4-9-6/h1-4H,(H,8,9)/p+1. The number of rotatable bonds is 0. The molecule has 0 aliphatic rings. The summed E-state index contributed by atoms with van der Waals surface area (Å²) in [6.07, 6.45) is 5.38. The number of nitrogens with zero attached hydrogens (tertiary/aromatic N) is 1.